The van der Waals surface area contributed by atoms with Gasteiger partial charge in [0.25, 0.3) is 0 Å². The van der Waals surface area contributed by atoms with Gasteiger partial charge in [-0.15, -0.1) is 0 Å². The van der Waals surface area contributed by atoms with Crippen molar-refractivity contribution in [2.75, 3.05) is 0 Å². The summed E-state index contributed by atoms with van der Waals surface area (Å²) in [5.41, 5.74) is 1.80. The number of aryl methyl sites for hydroxylation is 1. The molecule has 2 heteroatoms. The smallest absolute Gasteiger partial charge is 0.124 e. The van der Waals surface area contributed by atoms with Crippen molar-refractivity contribution in [2.24, 2.45) is 0 Å². The van der Waals surface area contributed by atoms with Crippen molar-refractivity contribution in [3.63, 3.8) is 0 Å². The van der Waals surface area contributed by atoms with Crippen LogP contribution in [0.3, 0.4) is 0 Å². The number of hydrogen-bond donors (Lipinski definition) is 0. The minimum Gasteiger partial charge on any atom is -0.258 e. The monoisotopic (exact) mass is 136 g/mol. The van der Waals surface area contributed by atoms with Crippen molar-refractivity contribution in [2.45, 2.75) is 20.0 Å². The Bertz CT molecular complexity index is 170. The molecular formula is C8H10NO. The Kier molecular flexibility index (Phi) is 2.40. The molecule has 0 saturated carbocycles. The van der Waals surface area contributed by atoms with Gasteiger partial charge in [-0.3, -0.25) is 4.98 Å². The summed E-state index contributed by atoms with van der Waals surface area (Å²) in [7, 11) is 0. The molecule has 0 N–H and O–H groups in total. The molecule has 0 aliphatic heterocycles. The minimum absolute atomic E-state index is 0.218. The number of nitrogens with zero attached hydrogens (tertiary/aromatic N) is 1. The van der Waals surface area contributed by atoms with E-state index in [1.165, 1.54) is 5.56 Å². The molecule has 1 rings (SSSR count). The van der Waals surface area contributed by atoms with Gasteiger partial charge in [-0.2, -0.15) is 0 Å². The van der Waals surface area contributed by atoms with Crippen LogP contribution in [0.15, 0.2) is 18.3 Å². The van der Waals surface area contributed by atoms with Crippen LogP contribution < -0.4 is 0 Å². The van der Waals surface area contributed by atoms with Crippen molar-refractivity contribution >= 4 is 0 Å². The molecule has 0 spiro atoms. The topological polar surface area (TPSA) is 32.8 Å². The molecule has 0 saturated heterocycles. The average Bonchev–Trinajstić information content (AvgIpc) is 2.05. The predicted molar refractivity (Wildman–Crippen MR) is 38.0 cm³/mol. The van der Waals surface area contributed by atoms with Crippen molar-refractivity contribution in [3.05, 3.63) is 29.6 Å². The maximum absolute atomic E-state index is 10.3. The van der Waals surface area contributed by atoms with E-state index in [1.54, 1.807) is 12.3 Å². The number of hydrogen-bond acceptors (Lipinski definition) is 1. The number of rotatable bonds is 2. The Balaban J connectivity index is 2.80. The van der Waals surface area contributed by atoms with Crippen molar-refractivity contribution in [3.8, 4) is 0 Å². The first-order valence-corrected chi connectivity index (χ1v) is 3.38. The first-order valence-electron chi connectivity index (χ1n) is 3.38. The van der Waals surface area contributed by atoms with E-state index in [0.29, 0.717) is 5.69 Å². The third kappa shape index (κ3) is 1.54. The van der Waals surface area contributed by atoms with Crippen LogP contribution in [0.25, 0.3) is 0 Å². The van der Waals surface area contributed by atoms with Crippen molar-refractivity contribution in [1.82, 2.24) is 4.98 Å². The van der Waals surface area contributed by atoms with Gasteiger partial charge in [0, 0.05) is 6.20 Å². The highest BCUT2D eigenvalue weighted by Crippen LogP contribution is 2.00. The molecule has 0 bridgehead atoms. The fourth-order valence-electron chi connectivity index (χ4n) is 0.750. The van der Waals surface area contributed by atoms with Gasteiger partial charge in [0.2, 0.25) is 0 Å². The maximum Gasteiger partial charge on any atom is 0.124 e. The molecule has 0 aliphatic carbocycles. The molecular weight excluding hydrogens is 126 g/mol. The molecule has 1 aromatic heterocycles. The quantitative estimate of drug-likeness (QED) is 0.607. The molecule has 1 radical (unpaired) electrons. The third-order valence-electron chi connectivity index (χ3n) is 1.44. The maximum atomic E-state index is 10.3. The Morgan fingerprint density at radius 3 is 2.70 bits per heavy atom. The van der Waals surface area contributed by atoms with E-state index in [0.717, 1.165) is 6.42 Å². The normalized spacial score (nSPS) is 9.80. The molecule has 1 heterocycles. The van der Waals surface area contributed by atoms with E-state index in [4.69, 9.17) is 0 Å². The predicted octanol–water partition coefficient (Wildman–Crippen LogP) is 1.57. The summed E-state index contributed by atoms with van der Waals surface area (Å²) in [6, 6.07) is 3.73. The average molecular weight is 136 g/mol. The summed E-state index contributed by atoms with van der Waals surface area (Å²) in [5.74, 6) is 0. The highest BCUT2D eigenvalue weighted by Gasteiger charge is 1.91. The van der Waals surface area contributed by atoms with Crippen LogP contribution in [0.1, 0.15) is 18.2 Å². The van der Waals surface area contributed by atoms with Crippen LogP contribution in [0.4, 0.5) is 0 Å². The van der Waals surface area contributed by atoms with Gasteiger partial charge < -0.3 is 0 Å². The van der Waals surface area contributed by atoms with Crippen LogP contribution in [0.5, 0.6) is 0 Å². The largest absolute Gasteiger partial charge is 0.258 e. The molecule has 0 unspecified atom stereocenters. The van der Waals surface area contributed by atoms with E-state index in [-0.39, 0.29) is 6.61 Å². The lowest BCUT2D eigenvalue weighted by atomic mass is 10.2. The summed E-state index contributed by atoms with van der Waals surface area (Å²) < 4.78 is 0. The first-order chi connectivity index (χ1) is 4.86. The van der Waals surface area contributed by atoms with Crippen LogP contribution in [0, 0.1) is 0 Å². The van der Waals surface area contributed by atoms with Crippen LogP contribution in [-0.4, -0.2) is 4.98 Å². The van der Waals surface area contributed by atoms with Gasteiger partial charge in [-0.05, 0) is 18.1 Å². The molecule has 10 heavy (non-hydrogen) atoms. The van der Waals surface area contributed by atoms with E-state index in [2.05, 4.69) is 11.9 Å². The van der Waals surface area contributed by atoms with Gasteiger partial charge in [-0.1, -0.05) is 13.0 Å². The van der Waals surface area contributed by atoms with Gasteiger partial charge in [0.05, 0.1) is 5.69 Å². The number of pyridine rings is 1. The van der Waals surface area contributed by atoms with E-state index >= 15 is 0 Å². The molecule has 0 aromatic carbocycles. The Labute approximate surface area is 60.5 Å². The van der Waals surface area contributed by atoms with E-state index in [9.17, 15) is 5.11 Å². The Hall–Kier alpha value is -0.890. The lowest BCUT2D eigenvalue weighted by Crippen LogP contribution is -1.88. The molecule has 0 atom stereocenters. The van der Waals surface area contributed by atoms with E-state index in [1.807, 2.05) is 6.07 Å². The minimum atomic E-state index is -0.218. The first kappa shape index (κ1) is 7.22. The summed E-state index contributed by atoms with van der Waals surface area (Å²) in [5, 5.41) is 10.3. The second kappa shape index (κ2) is 3.32. The molecule has 0 fully saturated rings. The molecule has 2 nitrogen and oxygen atoms in total. The second-order valence-electron chi connectivity index (χ2n) is 2.16. The fourth-order valence-corrected chi connectivity index (χ4v) is 0.750. The van der Waals surface area contributed by atoms with Gasteiger partial charge >= 0.3 is 0 Å². The molecule has 0 amide bonds. The standard InChI is InChI=1S/C8H10NO/c1-2-7-3-4-8(6-10)9-5-7/h3-5H,2,6H2,1H3. The van der Waals surface area contributed by atoms with Gasteiger partial charge in [0.15, 0.2) is 0 Å². The Morgan fingerprint density at radius 1 is 1.50 bits per heavy atom. The summed E-state index contributed by atoms with van der Waals surface area (Å²) in [6.07, 6.45) is 2.74. The third-order valence-corrected chi connectivity index (χ3v) is 1.44. The molecule has 53 valence electrons. The summed E-state index contributed by atoms with van der Waals surface area (Å²) in [6.45, 7) is 1.85. The fraction of sp³-hybridized carbons (Fsp3) is 0.375. The van der Waals surface area contributed by atoms with E-state index < -0.39 is 0 Å². The van der Waals surface area contributed by atoms with Crippen LogP contribution in [0.2, 0.25) is 0 Å². The zero-order valence-electron chi connectivity index (χ0n) is 6.00. The summed E-state index contributed by atoms with van der Waals surface area (Å²) in [4.78, 5) is 3.96. The zero-order valence-corrected chi connectivity index (χ0v) is 6.00. The molecule has 0 aliphatic rings. The van der Waals surface area contributed by atoms with Gasteiger partial charge in [0.1, 0.15) is 6.61 Å². The lowest BCUT2D eigenvalue weighted by molar-refractivity contribution is 0.174. The Morgan fingerprint density at radius 2 is 2.30 bits per heavy atom. The highest BCUT2D eigenvalue weighted by molar-refractivity contribution is 5.12. The van der Waals surface area contributed by atoms with Crippen LogP contribution in [-0.2, 0) is 18.1 Å². The SMILES string of the molecule is CCc1ccc(C[O])nc1. The number of aromatic nitrogens is 1. The van der Waals surface area contributed by atoms with Crippen molar-refractivity contribution in [1.29, 1.82) is 0 Å². The molecule has 1 aromatic rings. The zero-order chi connectivity index (χ0) is 7.40. The lowest BCUT2D eigenvalue weighted by Gasteiger charge is -1.95. The summed E-state index contributed by atoms with van der Waals surface area (Å²) >= 11 is 0. The van der Waals surface area contributed by atoms with Crippen molar-refractivity contribution < 1.29 is 5.11 Å². The second-order valence-corrected chi connectivity index (χ2v) is 2.16. The highest BCUT2D eigenvalue weighted by atomic mass is 16.3. The van der Waals surface area contributed by atoms with Crippen LogP contribution >= 0.6 is 0 Å². The van der Waals surface area contributed by atoms with Gasteiger partial charge in [-0.25, -0.2) is 5.11 Å².